The van der Waals surface area contributed by atoms with E-state index < -0.39 is 16.8 Å². The fraction of sp³-hybridized carbons (Fsp3) is 0.778. The van der Waals surface area contributed by atoms with Crippen LogP contribution in [0.3, 0.4) is 0 Å². The Morgan fingerprint density at radius 1 is 0.958 bits per heavy atom. The molecule has 1 aliphatic carbocycles. The van der Waals surface area contributed by atoms with Gasteiger partial charge in [0.25, 0.3) is 0 Å². The van der Waals surface area contributed by atoms with Crippen molar-refractivity contribution in [3.05, 3.63) is 11.3 Å². The second-order valence-corrected chi connectivity index (χ2v) is 7.20. The van der Waals surface area contributed by atoms with Crippen LogP contribution in [0.1, 0.15) is 51.4 Å². The molecule has 24 heavy (non-hydrogen) atoms. The number of hydrogen-bond acceptors (Lipinski definition) is 6. The number of carbonyl (C=O) groups excluding carboxylic acids is 2. The van der Waals surface area contributed by atoms with E-state index in [0.717, 1.165) is 25.5 Å². The Hall–Kier alpha value is -1.24. The molecule has 6 heteroatoms. The van der Waals surface area contributed by atoms with Crippen LogP contribution in [0.5, 0.6) is 0 Å². The number of aliphatic hydroxyl groups is 1. The van der Waals surface area contributed by atoms with Crippen LogP contribution in [-0.2, 0) is 23.8 Å². The molecule has 0 saturated carbocycles. The summed E-state index contributed by atoms with van der Waals surface area (Å²) in [6, 6.07) is 0. The van der Waals surface area contributed by atoms with E-state index in [-0.39, 0.29) is 18.0 Å². The quantitative estimate of drug-likeness (QED) is 0.794. The third kappa shape index (κ3) is 1.77. The Bertz CT molecular complexity index is 574. The Labute approximate surface area is 141 Å². The second-order valence-electron chi connectivity index (χ2n) is 7.20. The SMILES string of the molecule is O=CCCC1=C(O)C(=O)[C@@]2(CCCO2)[C@]2(CCCO2)[C@@]12CCCO2. The van der Waals surface area contributed by atoms with Crippen molar-refractivity contribution in [2.75, 3.05) is 19.8 Å². The molecule has 3 atom stereocenters. The molecule has 0 unspecified atom stereocenters. The summed E-state index contributed by atoms with van der Waals surface area (Å²) >= 11 is 0. The molecule has 3 aliphatic heterocycles. The van der Waals surface area contributed by atoms with E-state index in [0.29, 0.717) is 51.1 Å². The summed E-state index contributed by atoms with van der Waals surface area (Å²) in [4.78, 5) is 24.1. The monoisotopic (exact) mass is 336 g/mol. The van der Waals surface area contributed by atoms with Gasteiger partial charge < -0.3 is 24.1 Å². The number of fused-ring (bicyclic) bond motifs is 2. The highest BCUT2D eigenvalue weighted by molar-refractivity contribution is 6.04. The highest BCUT2D eigenvalue weighted by atomic mass is 16.6. The molecule has 3 saturated heterocycles. The molecular weight excluding hydrogens is 312 g/mol. The Balaban J connectivity index is 1.93. The number of rotatable bonds is 3. The van der Waals surface area contributed by atoms with E-state index in [9.17, 15) is 14.7 Å². The molecule has 0 aromatic heterocycles. The van der Waals surface area contributed by atoms with Gasteiger partial charge in [0.15, 0.2) is 11.4 Å². The first-order valence-electron chi connectivity index (χ1n) is 8.96. The van der Waals surface area contributed by atoms with Gasteiger partial charge in [0.2, 0.25) is 5.78 Å². The number of aliphatic hydroxyl groups excluding tert-OH is 1. The fourth-order valence-corrected chi connectivity index (χ4v) is 5.41. The van der Waals surface area contributed by atoms with Gasteiger partial charge in [0.05, 0.1) is 0 Å². The molecule has 0 aromatic carbocycles. The van der Waals surface area contributed by atoms with Gasteiger partial charge in [-0.1, -0.05) is 0 Å². The van der Waals surface area contributed by atoms with E-state index in [1.165, 1.54) is 0 Å². The van der Waals surface area contributed by atoms with Crippen molar-refractivity contribution in [1.29, 1.82) is 0 Å². The lowest BCUT2D eigenvalue weighted by molar-refractivity contribution is -0.244. The van der Waals surface area contributed by atoms with Crippen molar-refractivity contribution in [1.82, 2.24) is 0 Å². The molecule has 3 spiro atoms. The number of ketones is 1. The molecule has 3 fully saturated rings. The van der Waals surface area contributed by atoms with Crippen molar-refractivity contribution < 1.29 is 28.9 Å². The molecule has 6 nitrogen and oxygen atoms in total. The third-order valence-electron chi connectivity index (χ3n) is 6.24. The predicted octanol–water partition coefficient (Wildman–Crippen LogP) is 2.01. The average Bonchev–Trinajstić information content (AvgIpc) is 3.32. The molecule has 0 radical (unpaired) electrons. The molecule has 3 heterocycles. The van der Waals surface area contributed by atoms with Crippen molar-refractivity contribution >= 4 is 12.1 Å². The maximum atomic E-state index is 13.2. The standard InChI is InChI=1S/C18H24O6/c19-9-1-5-13-14(20)15(21)17(7-3-11-23-17)18(8-4-12-24-18)16(13)6-2-10-22-16/h9,20H,1-8,10-12H2/t16-,17+,18+/m1/s1. The summed E-state index contributed by atoms with van der Waals surface area (Å²) in [5.74, 6) is -0.648. The van der Waals surface area contributed by atoms with E-state index >= 15 is 0 Å². The molecule has 1 N–H and O–H groups in total. The zero-order valence-electron chi connectivity index (χ0n) is 13.8. The van der Waals surface area contributed by atoms with Crippen LogP contribution in [0.25, 0.3) is 0 Å². The predicted molar refractivity (Wildman–Crippen MR) is 83.7 cm³/mol. The van der Waals surface area contributed by atoms with Crippen molar-refractivity contribution in [3.8, 4) is 0 Å². The first kappa shape index (κ1) is 16.2. The smallest absolute Gasteiger partial charge is 0.231 e. The molecule has 132 valence electrons. The number of ether oxygens (including phenoxy) is 3. The van der Waals surface area contributed by atoms with Gasteiger partial charge in [-0.3, -0.25) is 4.79 Å². The van der Waals surface area contributed by atoms with Crippen LogP contribution >= 0.6 is 0 Å². The lowest BCUT2D eigenvalue weighted by atomic mass is 9.57. The first-order chi connectivity index (χ1) is 11.6. The number of carbonyl (C=O) groups is 2. The number of aldehydes is 1. The van der Waals surface area contributed by atoms with Crippen LogP contribution in [-0.4, -0.2) is 53.8 Å². The molecular formula is C18H24O6. The Morgan fingerprint density at radius 3 is 2.12 bits per heavy atom. The summed E-state index contributed by atoms with van der Waals surface area (Å²) in [6.07, 6.45) is 5.74. The summed E-state index contributed by atoms with van der Waals surface area (Å²) < 4.78 is 18.5. The van der Waals surface area contributed by atoms with E-state index in [1.54, 1.807) is 0 Å². The normalized spacial score (nSPS) is 42.1. The highest BCUT2D eigenvalue weighted by Gasteiger charge is 2.75. The minimum Gasteiger partial charge on any atom is -0.504 e. The molecule has 4 aliphatic rings. The van der Waals surface area contributed by atoms with Gasteiger partial charge in [-0.2, -0.15) is 0 Å². The second kappa shape index (κ2) is 5.64. The highest BCUT2D eigenvalue weighted by Crippen LogP contribution is 2.61. The van der Waals surface area contributed by atoms with Gasteiger partial charge >= 0.3 is 0 Å². The van der Waals surface area contributed by atoms with Gasteiger partial charge in [-0.15, -0.1) is 0 Å². The lowest BCUT2D eigenvalue weighted by Gasteiger charge is -2.56. The Kier molecular flexibility index (Phi) is 3.82. The molecule has 0 aromatic rings. The maximum Gasteiger partial charge on any atom is 0.231 e. The van der Waals surface area contributed by atoms with Crippen LogP contribution in [0.2, 0.25) is 0 Å². The number of hydrogen-bond donors (Lipinski definition) is 1. The minimum absolute atomic E-state index is 0.252. The first-order valence-corrected chi connectivity index (χ1v) is 8.96. The fourth-order valence-electron chi connectivity index (χ4n) is 5.41. The van der Waals surface area contributed by atoms with Crippen LogP contribution in [0.15, 0.2) is 11.3 Å². The van der Waals surface area contributed by atoms with Crippen molar-refractivity contribution in [2.24, 2.45) is 0 Å². The largest absolute Gasteiger partial charge is 0.504 e. The maximum absolute atomic E-state index is 13.2. The zero-order valence-corrected chi connectivity index (χ0v) is 13.8. The summed E-state index contributed by atoms with van der Waals surface area (Å²) in [7, 11) is 0. The van der Waals surface area contributed by atoms with E-state index in [1.807, 2.05) is 0 Å². The van der Waals surface area contributed by atoms with Crippen LogP contribution in [0, 0.1) is 0 Å². The van der Waals surface area contributed by atoms with Crippen LogP contribution < -0.4 is 0 Å². The summed E-state index contributed by atoms with van der Waals surface area (Å²) in [5, 5.41) is 10.8. The minimum atomic E-state index is -1.15. The van der Waals surface area contributed by atoms with E-state index in [4.69, 9.17) is 14.2 Å². The summed E-state index contributed by atoms with van der Waals surface area (Å²) in [5.41, 5.74) is -2.34. The zero-order chi connectivity index (χ0) is 16.8. The van der Waals surface area contributed by atoms with Gasteiger partial charge in [0, 0.05) is 31.8 Å². The Morgan fingerprint density at radius 2 is 1.58 bits per heavy atom. The molecule has 0 bridgehead atoms. The van der Waals surface area contributed by atoms with Crippen molar-refractivity contribution in [2.45, 2.75) is 68.2 Å². The van der Waals surface area contributed by atoms with Gasteiger partial charge in [-0.25, -0.2) is 0 Å². The number of Topliss-reactive ketones (excluding diaryl/α,β-unsaturated/α-hetero) is 1. The van der Waals surface area contributed by atoms with Crippen molar-refractivity contribution in [3.63, 3.8) is 0 Å². The summed E-state index contributed by atoms with van der Waals surface area (Å²) in [6.45, 7) is 1.61. The average molecular weight is 336 g/mol. The molecule has 0 amide bonds. The van der Waals surface area contributed by atoms with Crippen LogP contribution in [0.4, 0.5) is 0 Å². The molecule has 4 rings (SSSR count). The van der Waals surface area contributed by atoms with Gasteiger partial charge in [0.1, 0.15) is 17.5 Å². The van der Waals surface area contributed by atoms with E-state index in [2.05, 4.69) is 0 Å². The topological polar surface area (TPSA) is 82.1 Å². The third-order valence-corrected chi connectivity index (χ3v) is 6.24. The lowest BCUT2D eigenvalue weighted by Crippen LogP contribution is -2.73. The van der Waals surface area contributed by atoms with Gasteiger partial charge in [-0.05, 0) is 44.9 Å².